The predicted octanol–water partition coefficient (Wildman–Crippen LogP) is 4.05. The number of benzene rings is 2. The normalized spacial score (nSPS) is 10.5. The number of amides is 2. The number of hydrogen-bond donors (Lipinski definition) is 1. The standard InChI is InChI=1S/C20H23BrN2O3/c1-14(2)15-8-10-16(11-9-15)26-13-20(25)23(3)12-19(24)22-18-7-5-4-6-17(18)21/h4-11,14H,12-13H2,1-3H3,(H,22,24). The molecule has 0 aromatic heterocycles. The van der Waals surface area contributed by atoms with Crippen molar-refractivity contribution in [1.29, 1.82) is 0 Å². The molecule has 2 aromatic carbocycles. The number of anilines is 1. The third kappa shape index (κ3) is 5.88. The molecule has 0 unspecified atom stereocenters. The number of nitrogens with zero attached hydrogens (tertiary/aromatic N) is 1. The fourth-order valence-corrected chi connectivity index (χ4v) is 2.64. The number of hydrogen-bond acceptors (Lipinski definition) is 3. The zero-order valence-corrected chi connectivity index (χ0v) is 16.7. The van der Waals surface area contributed by atoms with Crippen LogP contribution in [0.1, 0.15) is 25.3 Å². The van der Waals surface area contributed by atoms with Gasteiger partial charge in [0.2, 0.25) is 5.91 Å². The van der Waals surface area contributed by atoms with Gasteiger partial charge in [-0.25, -0.2) is 0 Å². The molecule has 0 fully saturated rings. The molecule has 0 bridgehead atoms. The maximum Gasteiger partial charge on any atom is 0.260 e. The summed E-state index contributed by atoms with van der Waals surface area (Å²) >= 11 is 3.37. The zero-order valence-electron chi connectivity index (χ0n) is 15.2. The van der Waals surface area contributed by atoms with Crippen LogP contribution in [-0.2, 0) is 9.59 Å². The van der Waals surface area contributed by atoms with E-state index >= 15 is 0 Å². The highest BCUT2D eigenvalue weighted by atomic mass is 79.9. The van der Waals surface area contributed by atoms with Crippen LogP contribution in [0.3, 0.4) is 0 Å². The third-order valence-corrected chi connectivity index (χ3v) is 4.56. The number of carbonyl (C=O) groups excluding carboxylic acids is 2. The van der Waals surface area contributed by atoms with Crippen molar-refractivity contribution in [2.75, 3.05) is 25.5 Å². The first-order chi connectivity index (χ1) is 12.4. The molecule has 2 rings (SSSR count). The zero-order chi connectivity index (χ0) is 19.1. The van der Waals surface area contributed by atoms with E-state index in [0.29, 0.717) is 17.4 Å². The first-order valence-electron chi connectivity index (χ1n) is 8.38. The van der Waals surface area contributed by atoms with E-state index in [9.17, 15) is 9.59 Å². The summed E-state index contributed by atoms with van der Waals surface area (Å²) in [5.74, 6) is 0.544. The van der Waals surface area contributed by atoms with E-state index in [4.69, 9.17) is 4.74 Å². The molecule has 0 saturated heterocycles. The van der Waals surface area contributed by atoms with Crippen molar-refractivity contribution in [3.63, 3.8) is 0 Å². The van der Waals surface area contributed by atoms with E-state index in [2.05, 4.69) is 35.1 Å². The molecule has 1 N–H and O–H groups in total. The number of ether oxygens (including phenoxy) is 1. The fourth-order valence-electron chi connectivity index (χ4n) is 2.26. The van der Waals surface area contributed by atoms with Gasteiger partial charge in [0.25, 0.3) is 5.91 Å². The summed E-state index contributed by atoms with van der Waals surface area (Å²) in [6, 6.07) is 15.0. The lowest BCUT2D eigenvalue weighted by Crippen LogP contribution is -2.37. The number of halogens is 1. The minimum atomic E-state index is -0.269. The number of carbonyl (C=O) groups is 2. The summed E-state index contributed by atoms with van der Waals surface area (Å²) in [4.78, 5) is 25.6. The molecule has 0 radical (unpaired) electrons. The van der Waals surface area contributed by atoms with Gasteiger partial charge in [0.05, 0.1) is 12.2 Å². The lowest BCUT2D eigenvalue weighted by Gasteiger charge is -2.17. The summed E-state index contributed by atoms with van der Waals surface area (Å²) < 4.78 is 6.30. The van der Waals surface area contributed by atoms with Crippen molar-refractivity contribution in [3.05, 3.63) is 58.6 Å². The summed E-state index contributed by atoms with van der Waals surface area (Å²) in [6.07, 6.45) is 0. The molecule has 0 atom stereocenters. The molecule has 0 saturated carbocycles. The SMILES string of the molecule is CC(C)c1ccc(OCC(=O)N(C)CC(=O)Nc2ccccc2Br)cc1. The fraction of sp³-hybridized carbons (Fsp3) is 0.300. The Hall–Kier alpha value is -2.34. The quantitative estimate of drug-likeness (QED) is 0.737. The van der Waals surface area contributed by atoms with Gasteiger partial charge in [0.1, 0.15) is 5.75 Å². The van der Waals surface area contributed by atoms with Crippen LogP contribution in [0.25, 0.3) is 0 Å². The molecule has 0 aliphatic carbocycles. The van der Waals surface area contributed by atoms with Gasteiger partial charge in [-0.15, -0.1) is 0 Å². The van der Waals surface area contributed by atoms with Crippen LogP contribution in [0.5, 0.6) is 5.75 Å². The number of likely N-dealkylation sites (N-methyl/N-ethyl adjacent to an activating group) is 1. The summed E-state index contributed by atoms with van der Waals surface area (Å²) in [6.45, 7) is 4.08. The van der Waals surface area contributed by atoms with Gasteiger partial charge in [0, 0.05) is 11.5 Å². The molecule has 2 amide bonds. The van der Waals surface area contributed by atoms with E-state index < -0.39 is 0 Å². The minimum Gasteiger partial charge on any atom is -0.484 e. The van der Waals surface area contributed by atoms with E-state index in [1.54, 1.807) is 13.1 Å². The Morgan fingerprint density at radius 1 is 1.12 bits per heavy atom. The van der Waals surface area contributed by atoms with Crippen molar-refractivity contribution in [2.24, 2.45) is 0 Å². The summed E-state index contributed by atoms with van der Waals surface area (Å²) in [5, 5.41) is 2.77. The van der Waals surface area contributed by atoms with Crippen LogP contribution in [-0.4, -0.2) is 36.9 Å². The highest BCUT2D eigenvalue weighted by Gasteiger charge is 2.14. The molecule has 0 aliphatic rings. The Morgan fingerprint density at radius 2 is 1.77 bits per heavy atom. The van der Waals surface area contributed by atoms with Gasteiger partial charge in [-0.1, -0.05) is 38.1 Å². The average Bonchev–Trinajstić information content (AvgIpc) is 2.61. The predicted molar refractivity (Wildman–Crippen MR) is 106 cm³/mol. The van der Waals surface area contributed by atoms with E-state index in [1.807, 2.05) is 42.5 Å². The van der Waals surface area contributed by atoms with Gasteiger partial charge in [-0.2, -0.15) is 0 Å². The van der Waals surface area contributed by atoms with E-state index in [-0.39, 0.29) is 25.0 Å². The molecule has 0 spiro atoms. The van der Waals surface area contributed by atoms with Crippen molar-refractivity contribution >= 4 is 33.4 Å². The molecule has 138 valence electrons. The molecule has 0 aliphatic heterocycles. The molecule has 5 nitrogen and oxygen atoms in total. The number of rotatable bonds is 7. The van der Waals surface area contributed by atoms with E-state index in [0.717, 1.165) is 4.47 Å². The molecule has 2 aromatic rings. The molecule has 6 heteroatoms. The van der Waals surface area contributed by atoms with Crippen LogP contribution in [0, 0.1) is 0 Å². The highest BCUT2D eigenvalue weighted by Crippen LogP contribution is 2.21. The number of para-hydroxylation sites is 1. The second-order valence-electron chi connectivity index (χ2n) is 6.29. The van der Waals surface area contributed by atoms with Crippen LogP contribution < -0.4 is 10.1 Å². The Kier molecular flexibility index (Phi) is 7.21. The second kappa shape index (κ2) is 9.38. The lowest BCUT2D eigenvalue weighted by molar-refractivity contribution is -0.135. The molecule has 0 heterocycles. The molecule has 26 heavy (non-hydrogen) atoms. The Bertz CT molecular complexity index is 760. The van der Waals surface area contributed by atoms with Gasteiger partial charge < -0.3 is 15.0 Å². The second-order valence-corrected chi connectivity index (χ2v) is 7.14. The Balaban J connectivity index is 1.81. The highest BCUT2D eigenvalue weighted by molar-refractivity contribution is 9.10. The summed E-state index contributed by atoms with van der Waals surface area (Å²) in [5.41, 5.74) is 1.88. The largest absolute Gasteiger partial charge is 0.484 e. The van der Waals surface area contributed by atoms with Crippen molar-refractivity contribution in [1.82, 2.24) is 4.90 Å². The maximum absolute atomic E-state index is 12.2. The van der Waals surface area contributed by atoms with Crippen LogP contribution in [0.2, 0.25) is 0 Å². The first-order valence-corrected chi connectivity index (χ1v) is 9.17. The third-order valence-electron chi connectivity index (χ3n) is 3.86. The van der Waals surface area contributed by atoms with Crippen LogP contribution in [0.4, 0.5) is 5.69 Å². The molecular weight excluding hydrogens is 396 g/mol. The Labute approximate surface area is 162 Å². The maximum atomic E-state index is 12.2. The number of nitrogens with one attached hydrogen (secondary N) is 1. The topological polar surface area (TPSA) is 58.6 Å². The summed E-state index contributed by atoms with van der Waals surface area (Å²) in [7, 11) is 1.58. The monoisotopic (exact) mass is 418 g/mol. The van der Waals surface area contributed by atoms with E-state index in [1.165, 1.54) is 10.5 Å². The van der Waals surface area contributed by atoms with Crippen LogP contribution >= 0.6 is 15.9 Å². The smallest absolute Gasteiger partial charge is 0.260 e. The van der Waals surface area contributed by atoms with Gasteiger partial charge >= 0.3 is 0 Å². The van der Waals surface area contributed by atoms with Crippen molar-refractivity contribution in [2.45, 2.75) is 19.8 Å². The molecular formula is C20H23BrN2O3. The Morgan fingerprint density at radius 3 is 2.38 bits per heavy atom. The average molecular weight is 419 g/mol. The minimum absolute atomic E-state index is 0.0458. The van der Waals surface area contributed by atoms with Gasteiger partial charge in [-0.05, 0) is 51.7 Å². The van der Waals surface area contributed by atoms with Crippen molar-refractivity contribution in [3.8, 4) is 5.75 Å². The van der Waals surface area contributed by atoms with Gasteiger partial charge in [-0.3, -0.25) is 9.59 Å². The van der Waals surface area contributed by atoms with Gasteiger partial charge in [0.15, 0.2) is 6.61 Å². The van der Waals surface area contributed by atoms with Crippen molar-refractivity contribution < 1.29 is 14.3 Å². The lowest BCUT2D eigenvalue weighted by atomic mass is 10.0. The first kappa shape index (κ1) is 20.0. The van der Waals surface area contributed by atoms with Crippen LogP contribution in [0.15, 0.2) is 53.0 Å².